The molecule has 4 aromatic carbocycles. The van der Waals surface area contributed by atoms with Gasteiger partial charge in [-0.05, 0) is 73.5 Å². The van der Waals surface area contributed by atoms with Gasteiger partial charge in [-0.2, -0.15) is 0 Å². The smallest absolute Gasteiger partial charge is 0.264 e. The summed E-state index contributed by atoms with van der Waals surface area (Å²) in [5.41, 5.74) is 1.84. The van der Waals surface area contributed by atoms with Gasteiger partial charge in [-0.25, -0.2) is 8.42 Å². The van der Waals surface area contributed by atoms with Crippen molar-refractivity contribution in [3.63, 3.8) is 0 Å². The first-order valence-electron chi connectivity index (χ1n) is 14.2. The Hall–Kier alpha value is -4.34. The van der Waals surface area contributed by atoms with E-state index >= 15 is 0 Å². The Balaban J connectivity index is 1.80. The van der Waals surface area contributed by atoms with Gasteiger partial charge in [0.15, 0.2) is 0 Å². The number of carbonyl (C=O) groups excluding carboxylic acids is 2. The van der Waals surface area contributed by atoms with Crippen molar-refractivity contribution >= 4 is 39.1 Å². The highest BCUT2D eigenvalue weighted by atomic mass is 35.5. The zero-order valence-corrected chi connectivity index (χ0v) is 26.5. The Labute approximate surface area is 264 Å². The van der Waals surface area contributed by atoms with Gasteiger partial charge >= 0.3 is 0 Å². The highest BCUT2D eigenvalue weighted by Gasteiger charge is 2.34. The molecule has 10 heteroatoms. The van der Waals surface area contributed by atoms with Gasteiger partial charge in [0.1, 0.15) is 18.3 Å². The molecule has 1 atom stereocenters. The van der Waals surface area contributed by atoms with E-state index in [1.807, 2.05) is 50.2 Å². The number of rotatable bonds is 13. The molecule has 1 N–H and O–H groups in total. The van der Waals surface area contributed by atoms with Crippen molar-refractivity contribution in [1.29, 1.82) is 0 Å². The molecule has 0 aliphatic heterocycles. The second-order valence-electron chi connectivity index (χ2n) is 10.5. The predicted octanol–water partition coefficient (Wildman–Crippen LogP) is 5.71. The minimum atomic E-state index is -4.18. The summed E-state index contributed by atoms with van der Waals surface area (Å²) in [7, 11) is -2.63. The van der Waals surface area contributed by atoms with Gasteiger partial charge in [0, 0.05) is 24.0 Å². The second-order valence-corrected chi connectivity index (χ2v) is 12.8. The molecule has 0 aliphatic carbocycles. The van der Waals surface area contributed by atoms with Crippen LogP contribution in [-0.2, 0) is 32.6 Å². The fourth-order valence-electron chi connectivity index (χ4n) is 4.76. The van der Waals surface area contributed by atoms with Crippen molar-refractivity contribution in [3.8, 4) is 5.75 Å². The lowest BCUT2D eigenvalue weighted by Crippen LogP contribution is -2.54. The fourth-order valence-corrected chi connectivity index (χ4v) is 6.32. The van der Waals surface area contributed by atoms with E-state index in [1.54, 1.807) is 67.8 Å². The van der Waals surface area contributed by atoms with Crippen molar-refractivity contribution in [2.45, 2.75) is 43.8 Å². The van der Waals surface area contributed by atoms with E-state index in [9.17, 15) is 18.0 Å². The second kappa shape index (κ2) is 14.9. The molecular weight excluding hydrogens is 598 g/mol. The minimum Gasteiger partial charge on any atom is -0.497 e. The summed E-state index contributed by atoms with van der Waals surface area (Å²) in [5.74, 6) is -0.304. The van der Waals surface area contributed by atoms with Crippen LogP contribution >= 0.6 is 11.6 Å². The first-order valence-corrected chi connectivity index (χ1v) is 16.0. The minimum absolute atomic E-state index is 0.0282. The quantitative estimate of drug-likeness (QED) is 0.204. The third kappa shape index (κ3) is 8.39. The molecule has 0 aliphatic rings. The van der Waals surface area contributed by atoms with E-state index in [2.05, 4.69) is 5.32 Å². The lowest BCUT2D eigenvalue weighted by Gasteiger charge is -2.34. The van der Waals surface area contributed by atoms with E-state index in [0.29, 0.717) is 10.8 Å². The standard InChI is InChI=1S/C34H36ClN3O5S/c1-25(2)36-34(40)32(22-26-11-6-4-7-12-26)37(23-27-13-10-14-30(21-27)43-3)33(39)24-38(29-19-17-28(35)18-20-29)44(41,42)31-15-8-5-9-16-31/h4-21,25,32H,22-24H2,1-3H3,(H,36,40)/t32-/m1/s1. The lowest BCUT2D eigenvalue weighted by molar-refractivity contribution is -0.140. The normalized spacial score (nSPS) is 11.9. The average Bonchev–Trinajstić information content (AvgIpc) is 3.02. The molecule has 0 spiro atoms. The molecule has 0 aromatic heterocycles. The van der Waals surface area contributed by atoms with Gasteiger partial charge < -0.3 is 15.0 Å². The topological polar surface area (TPSA) is 96.0 Å². The van der Waals surface area contributed by atoms with Gasteiger partial charge in [-0.15, -0.1) is 0 Å². The number of ether oxygens (including phenoxy) is 1. The molecular formula is C34H36ClN3O5S. The first-order chi connectivity index (χ1) is 21.1. The van der Waals surface area contributed by atoms with Gasteiger partial charge in [-0.1, -0.05) is 72.3 Å². The zero-order valence-electron chi connectivity index (χ0n) is 24.9. The van der Waals surface area contributed by atoms with Gasteiger partial charge in [0.05, 0.1) is 17.7 Å². The van der Waals surface area contributed by atoms with E-state index in [0.717, 1.165) is 15.4 Å². The maximum Gasteiger partial charge on any atom is 0.264 e. The zero-order chi connectivity index (χ0) is 31.7. The van der Waals surface area contributed by atoms with Gasteiger partial charge in [-0.3, -0.25) is 13.9 Å². The molecule has 4 aromatic rings. The van der Waals surface area contributed by atoms with Crippen LogP contribution in [0.2, 0.25) is 5.02 Å². The van der Waals surface area contributed by atoms with Crippen LogP contribution < -0.4 is 14.4 Å². The molecule has 0 bridgehead atoms. The summed E-state index contributed by atoms with van der Waals surface area (Å²) in [6.07, 6.45) is 0.224. The molecule has 0 radical (unpaired) electrons. The predicted molar refractivity (Wildman–Crippen MR) is 173 cm³/mol. The maximum absolute atomic E-state index is 14.4. The number of amides is 2. The van der Waals surface area contributed by atoms with Crippen LogP contribution in [0.25, 0.3) is 0 Å². The van der Waals surface area contributed by atoms with Crippen LogP contribution in [0, 0.1) is 0 Å². The lowest BCUT2D eigenvalue weighted by atomic mass is 10.0. The third-order valence-corrected chi connectivity index (χ3v) is 8.95. The van der Waals surface area contributed by atoms with Gasteiger partial charge in [0.2, 0.25) is 11.8 Å². The molecule has 4 rings (SSSR count). The van der Waals surface area contributed by atoms with Crippen molar-refractivity contribution in [1.82, 2.24) is 10.2 Å². The number of nitrogens with zero attached hydrogens (tertiary/aromatic N) is 2. The summed E-state index contributed by atoms with van der Waals surface area (Å²) in [4.78, 5) is 29.7. The first kappa shape index (κ1) is 32.6. The van der Waals surface area contributed by atoms with Crippen LogP contribution in [0.1, 0.15) is 25.0 Å². The molecule has 8 nitrogen and oxygen atoms in total. The Morgan fingerprint density at radius 3 is 2.07 bits per heavy atom. The summed E-state index contributed by atoms with van der Waals surface area (Å²) >= 11 is 6.12. The monoisotopic (exact) mass is 633 g/mol. The molecule has 0 fully saturated rings. The number of hydrogen-bond donors (Lipinski definition) is 1. The third-order valence-electron chi connectivity index (χ3n) is 6.91. The summed E-state index contributed by atoms with van der Waals surface area (Å²) < 4.78 is 34.4. The number of anilines is 1. The molecule has 0 saturated heterocycles. The highest BCUT2D eigenvalue weighted by molar-refractivity contribution is 7.92. The van der Waals surface area contributed by atoms with Crippen LogP contribution in [0.4, 0.5) is 5.69 Å². The molecule has 2 amide bonds. The van der Waals surface area contributed by atoms with E-state index in [4.69, 9.17) is 16.3 Å². The SMILES string of the molecule is COc1cccc(CN(C(=O)CN(c2ccc(Cl)cc2)S(=O)(=O)c2ccccc2)[C@H](Cc2ccccc2)C(=O)NC(C)C)c1. The van der Waals surface area contributed by atoms with E-state index in [1.165, 1.54) is 17.0 Å². The number of halogens is 1. The Morgan fingerprint density at radius 1 is 0.841 bits per heavy atom. The van der Waals surface area contributed by atoms with Crippen LogP contribution in [0.3, 0.4) is 0 Å². The highest BCUT2D eigenvalue weighted by Crippen LogP contribution is 2.26. The number of methoxy groups -OCH3 is 1. The Morgan fingerprint density at radius 2 is 1.45 bits per heavy atom. The van der Waals surface area contributed by atoms with Gasteiger partial charge in [0.25, 0.3) is 10.0 Å². The number of sulfonamides is 1. The maximum atomic E-state index is 14.4. The fraction of sp³-hybridized carbons (Fsp3) is 0.235. The Kier molecular flexibility index (Phi) is 11.0. The van der Waals surface area contributed by atoms with E-state index < -0.39 is 28.5 Å². The van der Waals surface area contributed by atoms with E-state index in [-0.39, 0.29) is 35.5 Å². The van der Waals surface area contributed by atoms with Crippen LogP contribution in [0.5, 0.6) is 5.75 Å². The number of benzene rings is 4. The molecule has 44 heavy (non-hydrogen) atoms. The Bertz CT molecular complexity index is 1650. The molecule has 0 saturated carbocycles. The van der Waals surface area contributed by atoms with Crippen LogP contribution in [-0.4, -0.2) is 50.9 Å². The molecule has 0 heterocycles. The van der Waals surface area contributed by atoms with Crippen molar-refractivity contribution in [3.05, 3.63) is 125 Å². The van der Waals surface area contributed by atoms with Crippen molar-refractivity contribution < 1.29 is 22.7 Å². The number of hydrogen-bond acceptors (Lipinski definition) is 5. The molecule has 230 valence electrons. The molecule has 0 unspecified atom stereocenters. The summed E-state index contributed by atoms with van der Waals surface area (Å²) in [5, 5.41) is 3.37. The average molecular weight is 634 g/mol. The van der Waals surface area contributed by atoms with Crippen molar-refractivity contribution in [2.24, 2.45) is 0 Å². The van der Waals surface area contributed by atoms with Crippen LogP contribution in [0.15, 0.2) is 114 Å². The van der Waals surface area contributed by atoms with Crippen molar-refractivity contribution in [2.75, 3.05) is 18.0 Å². The summed E-state index contributed by atoms with van der Waals surface area (Å²) in [6.45, 7) is 3.18. The number of carbonyl (C=O) groups is 2. The summed E-state index contributed by atoms with van der Waals surface area (Å²) in [6, 6.07) is 29.6. The number of nitrogens with one attached hydrogen (secondary N) is 1. The largest absolute Gasteiger partial charge is 0.497 e.